The highest BCUT2D eigenvalue weighted by Crippen LogP contribution is 2.43. The Labute approximate surface area is 104 Å². The SMILES string of the molecule is CC1(O)C2COCC2CCC1N1CCCCC1. The van der Waals surface area contributed by atoms with Crippen molar-refractivity contribution in [3.05, 3.63) is 0 Å². The van der Waals surface area contributed by atoms with Crippen molar-refractivity contribution in [3.63, 3.8) is 0 Å². The summed E-state index contributed by atoms with van der Waals surface area (Å²) in [6, 6.07) is 0.366. The molecule has 0 aromatic rings. The third kappa shape index (κ3) is 2.02. The fraction of sp³-hybridized carbons (Fsp3) is 1.00. The molecule has 0 aromatic heterocycles. The summed E-state index contributed by atoms with van der Waals surface area (Å²) in [7, 11) is 0. The van der Waals surface area contributed by atoms with Crippen LogP contribution in [0, 0.1) is 11.8 Å². The van der Waals surface area contributed by atoms with Crippen LogP contribution >= 0.6 is 0 Å². The van der Waals surface area contributed by atoms with Gasteiger partial charge in [-0.05, 0) is 51.6 Å². The van der Waals surface area contributed by atoms with Crippen LogP contribution in [0.1, 0.15) is 39.0 Å². The van der Waals surface area contributed by atoms with Gasteiger partial charge in [0, 0.05) is 18.6 Å². The lowest BCUT2D eigenvalue weighted by Crippen LogP contribution is -2.60. The molecule has 4 atom stereocenters. The number of likely N-dealkylation sites (tertiary alicyclic amines) is 1. The third-order valence-corrected chi connectivity index (χ3v) is 5.27. The van der Waals surface area contributed by atoms with Crippen molar-refractivity contribution in [3.8, 4) is 0 Å². The fourth-order valence-corrected chi connectivity index (χ4v) is 4.22. The molecule has 0 spiro atoms. The minimum absolute atomic E-state index is 0.364. The monoisotopic (exact) mass is 239 g/mol. The second-order valence-corrected chi connectivity index (χ2v) is 6.32. The smallest absolute Gasteiger partial charge is 0.0827 e. The molecule has 3 rings (SSSR count). The van der Waals surface area contributed by atoms with E-state index in [-0.39, 0.29) is 0 Å². The van der Waals surface area contributed by atoms with Crippen LogP contribution in [0.2, 0.25) is 0 Å². The van der Waals surface area contributed by atoms with Gasteiger partial charge in [-0.3, -0.25) is 4.90 Å². The molecule has 17 heavy (non-hydrogen) atoms. The van der Waals surface area contributed by atoms with Gasteiger partial charge in [0.15, 0.2) is 0 Å². The first kappa shape index (κ1) is 11.9. The number of rotatable bonds is 1. The van der Waals surface area contributed by atoms with Gasteiger partial charge in [-0.1, -0.05) is 6.42 Å². The van der Waals surface area contributed by atoms with E-state index >= 15 is 0 Å². The lowest BCUT2D eigenvalue weighted by Gasteiger charge is -2.50. The molecule has 1 aliphatic carbocycles. The Morgan fingerprint density at radius 3 is 2.65 bits per heavy atom. The van der Waals surface area contributed by atoms with Gasteiger partial charge in [-0.2, -0.15) is 0 Å². The molecule has 2 heterocycles. The molecular weight excluding hydrogens is 214 g/mol. The summed E-state index contributed by atoms with van der Waals surface area (Å²) in [5.74, 6) is 0.967. The molecule has 3 heteroatoms. The standard InChI is InChI=1S/C14H25NO2/c1-14(16)12-10-17-9-11(12)5-6-13(14)15-7-3-2-4-8-15/h11-13,16H,2-10H2,1H3. The number of ether oxygens (including phenoxy) is 1. The summed E-state index contributed by atoms with van der Waals surface area (Å²) in [5, 5.41) is 10.9. The first-order chi connectivity index (χ1) is 8.19. The van der Waals surface area contributed by atoms with Gasteiger partial charge in [0.1, 0.15) is 0 Å². The maximum Gasteiger partial charge on any atom is 0.0827 e. The predicted molar refractivity (Wildman–Crippen MR) is 66.9 cm³/mol. The number of nitrogens with zero attached hydrogens (tertiary/aromatic N) is 1. The topological polar surface area (TPSA) is 32.7 Å². The zero-order valence-electron chi connectivity index (χ0n) is 10.9. The van der Waals surface area contributed by atoms with Crippen molar-refractivity contribution >= 4 is 0 Å². The number of fused-ring (bicyclic) bond motifs is 1. The first-order valence-electron chi connectivity index (χ1n) is 7.24. The second-order valence-electron chi connectivity index (χ2n) is 6.32. The molecule has 0 aromatic carbocycles. The van der Waals surface area contributed by atoms with Gasteiger partial charge in [-0.15, -0.1) is 0 Å². The molecule has 2 aliphatic heterocycles. The van der Waals surface area contributed by atoms with E-state index < -0.39 is 5.60 Å². The van der Waals surface area contributed by atoms with E-state index in [4.69, 9.17) is 4.74 Å². The summed E-state index contributed by atoms with van der Waals surface area (Å²) >= 11 is 0. The second kappa shape index (κ2) is 4.52. The van der Waals surface area contributed by atoms with Crippen LogP contribution in [0.4, 0.5) is 0 Å². The molecular formula is C14H25NO2. The molecule has 3 aliphatic rings. The highest BCUT2D eigenvalue weighted by atomic mass is 16.5. The summed E-state index contributed by atoms with van der Waals surface area (Å²) in [6.45, 7) is 6.05. The maximum absolute atomic E-state index is 10.9. The predicted octanol–water partition coefficient (Wildman–Crippen LogP) is 1.65. The maximum atomic E-state index is 10.9. The van der Waals surface area contributed by atoms with Gasteiger partial charge < -0.3 is 9.84 Å². The first-order valence-corrected chi connectivity index (χ1v) is 7.24. The molecule has 3 fully saturated rings. The normalized spacial score (nSPS) is 48.0. The molecule has 0 amide bonds. The fourth-order valence-electron chi connectivity index (χ4n) is 4.22. The summed E-state index contributed by atoms with van der Waals surface area (Å²) in [5.41, 5.74) is -0.545. The Bertz CT molecular complexity index is 273. The van der Waals surface area contributed by atoms with E-state index in [1.807, 2.05) is 0 Å². The van der Waals surface area contributed by atoms with Crippen molar-refractivity contribution < 1.29 is 9.84 Å². The van der Waals surface area contributed by atoms with Crippen molar-refractivity contribution in [2.45, 2.75) is 50.7 Å². The van der Waals surface area contributed by atoms with Crippen LogP contribution in [0.15, 0.2) is 0 Å². The summed E-state index contributed by atoms with van der Waals surface area (Å²) in [4.78, 5) is 2.54. The van der Waals surface area contributed by atoms with Crippen LogP contribution in [0.25, 0.3) is 0 Å². The van der Waals surface area contributed by atoms with Crippen LogP contribution in [0.3, 0.4) is 0 Å². The minimum Gasteiger partial charge on any atom is -0.388 e. The Balaban J connectivity index is 1.75. The van der Waals surface area contributed by atoms with Crippen LogP contribution < -0.4 is 0 Å². The molecule has 4 unspecified atom stereocenters. The Morgan fingerprint density at radius 2 is 1.88 bits per heavy atom. The van der Waals surface area contributed by atoms with E-state index in [0.717, 1.165) is 19.6 Å². The van der Waals surface area contributed by atoms with Gasteiger partial charge in [0.25, 0.3) is 0 Å². The quantitative estimate of drug-likeness (QED) is 0.755. The summed E-state index contributed by atoms with van der Waals surface area (Å²) in [6.07, 6.45) is 6.36. The summed E-state index contributed by atoms with van der Waals surface area (Å²) < 4.78 is 5.58. The van der Waals surface area contributed by atoms with Crippen LogP contribution in [-0.4, -0.2) is 48.0 Å². The lowest BCUT2D eigenvalue weighted by atomic mass is 9.68. The largest absolute Gasteiger partial charge is 0.388 e. The molecule has 98 valence electrons. The molecule has 0 radical (unpaired) electrons. The van der Waals surface area contributed by atoms with E-state index in [9.17, 15) is 5.11 Å². The molecule has 1 saturated carbocycles. The molecule has 1 N–H and O–H groups in total. The lowest BCUT2D eigenvalue weighted by molar-refractivity contribution is -0.113. The van der Waals surface area contributed by atoms with Crippen molar-refractivity contribution in [1.29, 1.82) is 0 Å². The number of hydrogen-bond donors (Lipinski definition) is 1. The molecule has 2 saturated heterocycles. The van der Waals surface area contributed by atoms with Crippen LogP contribution in [-0.2, 0) is 4.74 Å². The highest BCUT2D eigenvalue weighted by Gasteiger charge is 2.51. The van der Waals surface area contributed by atoms with Gasteiger partial charge >= 0.3 is 0 Å². The minimum atomic E-state index is -0.545. The van der Waals surface area contributed by atoms with Crippen LogP contribution in [0.5, 0.6) is 0 Å². The van der Waals surface area contributed by atoms with Gasteiger partial charge in [-0.25, -0.2) is 0 Å². The Kier molecular flexibility index (Phi) is 3.18. The van der Waals surface area contributed by atoms with Crippen molar-refractivity contribution in [1.82, 2.24) is 4.90 Å². The van der Waals surface area contributed by atoms with Crippen molar-refractivity contribution in [2.24, 2.45) is 11.8 Å². The average molecular weight is 239 g/mol. The van der Waals surface area contributed by atoms with E-state index in [0.29, 0.717) is 17.9 Å². The molecule has 0 bridgehead atoms. The highest BCUT2D eigenvalue weighted by molar-refractivity contribution is 5.03. The number of hydrogen-bond acceptors (Lipinski definition) is 3. The zero-order valence-corrected chi connectivity index (χ0v) is 10.9. The van der Waals surface area contributed by atoms with E-state index in [1.165, 1.54) is 38.8 Å². The number of piperidine rings is 1. The van der Waals surface area contributed by atoms with Crippen molar-refractivity contribution in [2.75, 3.05) is 26.3 Å². The number of aliphatic hydroxyl groups is 1. The third-order valence-electron chi connectivity index (χ3n) is 5.27. The zero-order chi connectivity index (χ0) is 11.9. The van der Waals surface area contributed by atoms with Gasteiger partial charge in [0.05, 0.1) is 12.2 Å². The van der Waals surface area contributed by atoms with E-state index in [2.05, 4.69) is 11.8 Å². The average Bonchev–Trinajstić information content (AvgIpc) is 2.80. The Hall–Kier alpha value is -0.120. The molecule has 3 nitrogen and oxygen atoms in total. The Morgan fingerprint density at radius 1 is 1.12 bits per heavy atom. The van der Waals surface area contributed by atoms with Gasteiger partial charge in [0.2, 0.25) is 0 Å². The van der Waals surface area contributed by atoms with E-state index in [1.54, 1.807) is 0 Å².